The van der Waals surface area contributed by atoms with Crippen LogP contribution < -0.4 is 15.4 Å². The quantitative estimate of drug-likeness (QED) is 0.430. The average molecular weight is 528 g/mol. The van der Waals surface area contributed by atoms with E-state index in [1.165, 1.54) is 24.3 Å². The van der Waals surface area contributed by atoms with Gasteiger partial charge in [-0.2, -0.15) is 13.2 Å². The van der Waals surface area contributed by atoms with E-state index in [0.29, 0.717) is 22.2 Å². The Morgan fingerprint density at radius 2 is 1.74 bits per heavy atom. The number of benzene rings is 2. The first-order chi connectivity index (χ1) is 16.8. The van der Waals surface area contributed by atoms with Crippen LogP contribution in [0.15, 0.2) is 42.5 Å². The molecule has 6 nitrogen and oxygen atoms in total. The van der Waals surface area contributed by atoms with Crippen LogP contribution in [0.5, 0.6) is 0 Å². The van der Waals surface area contributed by atoms with Gasteiger partial charge in [-0.05, 0) is 61.2 Å². The highest BCUT2D eigenvalue weighted by molar-refractivity contribution is 7.98. The number of alkyl halides is 3. The van der Waals surface area contributed by atoms with E-state index >= 15 is 0 Å². The van der Waals surface area contributed by atoms with Gasteiger partial charge in [0.05, 0.1) is 16.8 Å². The molecule has 0 aromatic heterocycles. The monoisotopic (exact) mass is 527 g/mol. The lowest BCUT2D eigenvalue weighted by molar-refractivity contribution is -0.137. The third kappa shape index (κ3) is 7.50. The van der Waals surface area contributed by atoms with Gasteiger partial charge in [-0.3, -0.25) is 4.79 Å². The Hall–Kier alpha value is -1.98. The first kappa shape index (κ1) is 26.1. The van der Waals surface area contributed by atoms with Crippen LogP contribution in [0.1, 0.15) is 28.8 Å². The van der Waals surface area contributed by atoms with Crippen LogP contribution in [0, 0.1) is 5.92 Å². The number of carbonyl (C=O) groups excluding carboxylic acids is 1. The molecule has 35 heavy (non-hydrogen) atoms. The molecule has 0 unspecified atom stereocenters. The van der Waals surface area contributed by atoms with Gasteiger partial charge in [0.2, 0.25) is 0 Å². The molecule has 2 aliphatic rings. The summed E-state index contributed by atoms with van der Waals surface area (Å²) in [4.78, 5) is 15.4. The molecule has 190 valence electrons. The molecule has 2 heterocycles. The number of piperazine rings is 1. The minimum absolute atomic E-state index is 0.271. The molecule has 0 atom stereocenters. The highest BCUT2D eigenvalue weighted by Crippen LogP contribution is 2.31. The van der Waals surface area contributed by atoms with Gasteiger partial charge in [-0.1, -0.05) is 11.6 Å². The van der Waals surface area contributed by atoms with Gasteiger partial charge in [0.15, 0.2) is 0 Å². The van der Waals surface area contributed by atoms with E-state index in [1.807, 2.05) is 0 Å². The van der Waals surface area contributed by atoms with Crippen LogP contribution in [0.2, 0.25) is 5.02 Å². The molecule has 2 saturated heterocycles. The van der Waals surface area contributed by atoms with Crippen molar-refractivity contribution in [2.75, 3.05) is 55.9 Å². The molecule has 0 spiro atoms. The van der Waals surface area contributed by atoms with Crippen LogP contribution in [-0.4, -0.2) is 60.9 Å². The summed E-state index contributed by atoms with van der Waals surface area (Å²) >= 11 is 7.58. The number of hydrogen-bond donors (Lipinski definition) is 3. The summed E-state index contributed by atoms with van der Waals surface area (Å²) in [6.07, 6.45) is -2.18. The fourth-order valence-electron chi connectivity index (χ4n) is 4.29. The summed E-state index contributed by atoms with van der Waals surface area (Å²) in [5.74, 6) is 0.246. The Kier molecular flexibility index (Phi) is 8.82. The number of rotatable bonds is 7. The number of carbonyl (C=O) groups is 1. The van der Waals surface area contributed by atoms with Gasteiger partial charge in [0.25, 0.3) is 5.91 Å². The largest absolute Gasteiger partial charge is 0.416 e. The summed E-state index contributed by atoms with van der Waals surface area (Å²) in [5.41, 5.74) is 0.409. The second-order valence-corrected chi connectivity index (χ2v) is 10.2. The third-order valence-electron chi connectivity index (χ3n) is 6.28. The molecule has 0 saturated carbocycles. The Labute approximate surface area is 212 Å². The van der Waals surface area contributed by atoms with Gasteiger partial charge >= 0.3 is 6.18 Å². The molecule has 3 N–H and O–H groups in total. The first-order valence-electron chi connectivity index (χ1n) is 11.7. The van der Waals surface area contributed by atoms with Gasteiger partial charge in [0.1, 0.15) is 0 Å². The number of amides is 1. The van der Waals surface area contributed by atoms with Crippen LogP contribution in [0.4, 0.5) is 24.5 Å². The van der Waals surface area contributed by atoms with Gasteiger partial charge in [-0.25, -0.2) is 4.31 Å². The lowest BCUT2D eigenvalue weighted by atomic mass is 9.97. The van der Waals surface area contributed by atoms with Crippen LogP contribution in [0.25, 0.3) is 0 Å². The highest BCUT2D eigenvalue weighted by Gasteiger charge is 2.30. The van der Waals surface area contributed by atoms with E-state index in [9.17, 15) is 18.0 Å². The lowest BCUT2D eigenvalue weighted by Gasteiger charge is -2.35. The summed E-state index contributed by atoms with van der Waals surface area (Å²) in [7, 11) is 0. The van der Waals surface area contributed by atoms with Gasteiger partial charge in [-0.15, -0.1) is 0 Å². The molecular weight excluding hydrogens is 499 g/mol. The van der Waals surface area contributed by atoms with Crippen molar-refractivity contribution < 1.29 is 18.0 Å². The van der Waals surface area contributed by atoms with E-state index < -0.39 is 17.6 Å². The van der Waals surface area contributed by atoms with Crippen LogP contribution >= 0.6 is 23.7 Å². The summed E-state index contributed by atoms with van der Waals surface area (Å²) in [5, 5.41) is 6.43. The first-order valence-corrected chi connectivity index (χ1v) is 12.8. The van der Waals surface area contributed by atoms with Crippen molar-refractivity contribution >= 4 is 41.0 Å². The fraction of sp³-hybridized carbons (Fsp3) is 0.458. The lowest BCUT2D eigenvalue weighted by Crippen LogP contribution is -2.46. The maximum Gasteiger partial charge on any atom is 0.416 e. The van der Waals surface area contributed by atoms with E-state index in [4.69, 9.17) is 11.6 Å². The molecule has 0 bridgehead atoms. The topological polar surface area (TPSA) is 59.6 Å². The number of halogens is 4. The Bertz CT molecular complexity index is 994. The number of anilines is 2. The van der Waals surface area contributed by atoms with Crippen molar-refractivity contribution in [1.82, 2.24) is 14.5 Å². The van der Waals surface area contributed by atoms with Gasteiger partial charge < -0.3 is 20.3 Å². The molecule has 2 aliphatic heterocycles. The van der Waals surface area contributed by atoms with Crippen molar-refractivity contribution in [3.05, 3.63) is 58.6 Å². The Morgan fingerprint density at radius 3 is 2.40 bits per heavy atom. The van der Waals surface area contributed by atoms with Crippen molar-refractivity contribution in [2.24, 2.45) is 5.92 Å². The molecule has 1 amide bonds. The summed E-state index contributed by atoms with van der Waals surface area (Å²) < 4.78 is 43.9. The van der Waals surface area contributed by atoms with Crippen LogP contribution in [-0.2, 0) is 6.18 Å². The molecular formula is C24H29ClF3N5OS. The van der Waals surface area contributed by atoms with Crippen molar-refractivity contribution in [3.63, 3.8) is 0 Å². The third-order valence-corrected chi connectivity index (χ3v) is 7.45. The molecule has 4 rings (SSSR count). The summed E-state index contributed by atoms with van der Waals surface area (Å²) in [6, 6.07) is 9.31. The molecule has 0 aliphatic carbocycles. The van der Waals surface area contributed by atoms with Crippen LogP contribution in [0.3, 0.4) is 0 Å². The van der Waals surface area contributed by atoms with Crippen molar-refractivity contribution in [2.45, 2.75) is 19.0 Å². The second kappa shape index (κ2) is 11.8. The molecule has 2 aromatic carbocycles. The minimum atomic E-state index is -4.43. The SMILES string of the molecule is O=C(Nc1ccc(C(F)(F)F)cc1)c1cc(Cl)ccc1NSN1CCC(CN2CCNCC2)CC1. The van der Waals surface area contributed by atoms with E-state index in [1.54, 1.807) is 18.2 Å². The number of piperidine rings is 1. The van der Waals surface area contributed by atoms with Crippen molar-refractivity contribution in [3.8, 4) is 0 Å². The normalized spacial score (nSPS) is 18.4. The summed E-state index contributed by atoms with van der Waals surface area (Å²) in [6.45, 7) is 7.42. The minimum Gasteiger partial charge on any atom is -0.322 e. The number of hydrogen-bond acceptors (Lipinski definition) is 6. The maximum atomic E-state index is 12.9. The van der Waals surface area contributed by atoms with Gasteiger partial charge in [0, 0.05) is 68.7 Å². The number of nitrogens with one attached hydrogen (secondary N) is 3. The predicted molar refractivity (Wildman–Crippen MR) is 136 cm³/mol. The smallest absolute Gasteiger partial charge is 0.322 e. The highest BCUT2D eigenvalue weighted by atomic mass is 35.5. The fourth-order valence-corrected chi connectivity index (χ4v) is 5.26. The zero-order chi connectivity index (χ0) is 24.8. The molecule has 11 heteroatoms. The maximum absolute atomic E-state index is 12.9. The molecule has 2 aromatic rings. The molecule has 0 radical (unpaired) electrons. The number of nitrogens with zero attached hydrogens (tertiary/aromatic N) is 2. The zero-order valence-corrected chi connectivity index (χ0v) is 20.8. The Morgan fingerprint density at radius 1 is 1.06 bits per heavy atom. The standard InChI is InChI=1S/C24H29ClF3N5OS/c25-19-3-6-22(21(15-19)23(34)30-20-4-1-18(2-5-20)24(26,27)28)31-35-33-11-7-17(8-12-33)16-32-13-9-29-10-14-32/h1-6,15,17,29,31H,7-14,16H2,(H,30,34). The second-order valence-electron chi connectivity index (χ2n) is 8.84. The Balaban J connectivity index is 1.31. The van der Waals surface area contributed by atoms with E-state index in [-0.39, 0.29) is 5.69 Å². The van der Waals surface area contributed by atoms with Crippen molar-refractivity contribution in [1.29, 1.82) is 0 Å². The van der Waals surface area contributed by atoms with E-state index in [0.717, 1.165) is 70.8 Å². The predicted octanol–water partition coefficient (Wildman–Crippen LogP) is 5.20. The van der Waals surface area contributed by atoms with E-state index in [2.05, 4.69) is 24.6 Å². The zero-order valence-electron chi connectivity index (χ0n) is 19.2. The average Bonchev–Trinajstić information content (AvgIpc) is 2.84. The molecule has 2 fully saturated rings.